The van der Waals surface area contributed by atoms with Gasteiger partial charge in [-0.1, -0.05) is 18.2 Å². The first-order valence-electron chi connectivity index (χ1n) is 7.53. The van der Waals surface area contributed by atoms with Crippen molar-refractivity contribution in [1.82, 2.24) is 4.90 Å². The van der Waals surface area contributed by atoms with Crippen LogP contribution in [0.1, 0.15) is 19.8 Å². The van der Waals surface area contributed by atoms with Gasteiger partial charge in [-0.05, 0) is 31.9 Å². The van der Waals surface area contributed by atoms with Gasteiger partial charge in [0, 0.05) is 18.8 Å². The van der Waals surface area contributed by atoms with Crippen molar-refractivity contribution in [2.45, 2.75) is 31.5 Å². The molecule has 0 radical (unpaired) electrons. The molecule has 2 saturated heterocycles. The molecule has 1 aromatic carbocycles. The average molecular weight is 304 g/mol. The molecule has 1 N–H and O–H groups in total. The number of ether oxygens (including phenoxy) is 1. The van der Waals surface area contributed by atoms with E-state index in [4.69, 9.17) is 9.84 Å². The summed E-state index contributed by atoms with van der Waals surface area (Å²) in [7, 11) is 0. The first-order valence-corrected chi connectivity index (χ1v) is 7.53. The smallest absolute Gasteiger partial charge is 0.407 e. The number of benzene rings is 1. The third-order valence-corrected chi connectivity index (χ3v) is 4.50. The molecule has 2 heterocycles. The van der Waals surface area contributed by atoms with Gasteiger partial charge < -0.3 is 19.6 Å². The van der Waals surface area contributed by atoms with Crippen LogP contribution in [0.5, 0.6) is 0 Å². The van der Waals surface area contributed by atoms with Crippen LogP contribution in [0, 0.1) is 0 Å². The Hall–Kier alpha value is -2.08. The monoisotopic (exact) mass is 304 g/mol. The predicted octanol–water partition coefficient (Wildman–Crippen LogP) is 1.95. The Morgan fingerprint density at radius 3 is 2.50 bits per heavy atom. The average Bonchev–Trinajstić information content (AvgIpc) is 2.52. The van der Waals surface area contributed by atoms with E-state index < -0.39 is 17.8 Å². The van der Waals surface area contributed by atoms with Gasteiger partial charge in [0.15, 0.2) is 0 Å². The molecule has 1 spiro atoms. The van der Waals surface area contributed by atoms with E-state index in [1.807, 2.05) is 30.3 Å². The lowest BCUT2D eigenvalue weighted by Gasteiger charge is -2.48. The van der Waals surface area contributed by atoms with Crippen LogP contribution in [0.4, 0.5) is 10.5 Å². The zero-order chi connectivity index (χ0) is 15.7. The van der Waals surface area contributed by atoms with Crippen molar-refractivity contribution in [2.75, 3.05) is 24.5 Å². The third-order valence-electron chi connectivity index (χ3n) is 4.50. The van der Waals surface area contributed by atoms with Gasteiger partial charge in [0.2, 0.25) is 0 Å². The van der Waals surface area contributed by atoms with Gasteiger partial charge >= 0.3 is 6.09 Å². The van der Waals surface area contributed by atoms with Gasteiger partial charge in [0.1, 0.15) is 6.10 Å². The molecule has 118 valence electrons. The number of rotatable bonds is 1. The number of carboxylic acid groups (broad SMARTS) is 1. The van der Waals surface area contributed by atoms with Crippen LogP contribution in [0.15, 0.2) is 30.3 Å². The number of hydrogen-bond acceptors (Lipinski definition) is 3. The number of piperidine rings is 1. The van der Waals surface area contributed by atoms with E-state index in [9.17, 15) is 9.59 Å². The molecule has 0 aliphatic carbocycles. The number of morpholine rings is 1. The second-order valence-electron chi connectivity index (χ2n) is 5.97. The molecule has 6 nitrogen and oxygen atoms in total. The molecule has 22 heavy (non-hydrogen) atoms. The molecule has 3 rings (SSSR count). The van der Waals surface area contributed by atoms with E-state index in [2.05, 4.69) is 0 Å². The second-order valence-corrected chi connectivity index (χ2v) is 5.97. The molecule has 6 heteroatoms. The number of hydrogen-bond donors (Lipinski definition) is 1. The van der Waals surface area contributed by atoms with Gasteiger partial charge in [0.25, 0.3) is 5.91 Å². The van der Waals surface area contributed by atoms with Gasteiger partial charge in [-0.3, -0.25) is 4.79 Å². The summed E-state index contributed by atoms with van der Waals surface area (Å²) in [6.07, 6.45) is -0.180. The zero-order valence-corrected chi connectivity index (χ0v) is 12.6. The number of para-hydroxylation sites is 1. The Morgan fingerprint density at radius 2 is 1.91 bits per heavy atom. The lowest BCUT2D eigenvalue weighted by molar-refractivity contribution is -0.160. The fourth-order valence-corrected chi connectivity index (χ4v) is 3.26. The maximum atomic E-state index is 12.4. The highest BCUT2D eigenvalue weighted by Gasteiger charge is 2.46. The van der Waals surface area contributed by atoms with Crippen LogP contribution >= 0.6 is 0 Å². The highest BCUT2D eigenvalue weighted by Crippen LogP contribution is 2.34. The molecule has 2 fully saturated rings. The Balaban J connectivity index is 1.80. The molecular formula is C16H20N2O4. The van der Waals surface area contributed by atoms with Crippen LogP contribution in [-0.4, -0.2) is 53.3 Å². The summed E-state index contributed by atoms with van der Waals surface area (Å²) < 4.78 is 6.00. The van der Waals surface area contributed by atoms with Crippen molar-refractivity contribution in [3.05, 3.63) is 30.3 Å². The molecule has 0 aromatic heterocycles. The van der Waals surface area contributed by atoms with E-state index in [0.717, 1.165) is 5.69 Å². The Bertz CT molecular complexity index is 567. The van der Waals surface area contributed by atoms with E-state index in [-0.39, 0.29) is 5.91 Å². The largest absolute Gasteiger partial charge is 0.465 e. The van der Waals surface area contributed by atoms with Gasteiger partial charge in [-0.15, -0.1) is 0 Å². The highest BCUT2D eigenvalue weighted by molar-refractivity contribution is 5.97. The molecule has 2 amide bonds. The van der Waals surface area contributed by atoms with E-state index >= 15 is 0 Å². The molecule has 2 aliphatic rings. The van der Waals surface area contributed by atoms with Crippen molar-refractivity contribution in [3.63, 3.8) is 0 Å². The molecule has 1 aromatic rings. The summed E-state index contributed by atoms with van der Waals surface area (Å²) in [4.78, 5) is 26.6. The number of nitrogens with zero attached hydrogens (tertiary/aromatic N) is 2. The molecule has 1 unspecified atom stereocenters. The zero-order valence-electron chi connectivity index (χ0n) is 12.6. The van der Waals surface area contributed by atoms with Crippen molar-refractivity contribution in [3.8, 4) is 0 Å². The minimum Gasteiger partial charge on any atom is -0.465 e. The fraction of sp³-hybridized carbons (Fsp3) is 0.500. The fourth-order valence-electron chi connectivity index (χ4n) is 3.26. The SMILES string of the molecule is CC1OC2(CCN(C(=O)O)CC2)CN(c2ccccc2)C1=O. The molecular weight excluding hydrogens is 284 g/mol. The summed E-state index contributed by atoms with van der Waals surface area (Å²) in [5.41, 5.74) is 0.414. The normalized spacial score (nSPS) is 24.6. The van der Waals surface area contributed by atoms with Crippen molar-refractivity contribution >= 4 is 17.7 Å². The number of likely N-dealkylation sites (tertiary alicyclic amines) is 1. The Kier molecular flexibility index (Phi) is 3.78. The summed E-state index contributed by atoms with van der Waals surface area (Å²) >= 11 is 0. The summed E-state index contributed by atoms with van der Waals surface area (Å²) in [5, 5.41) is 9.07. The molecule has 2 aliphatic heterocycles. The molecule has 0 bridgehead atoms. The quantitative estimate of drug-likeness (QED) is 0.861. The predicted molar refractivity (Wildman–Crippen MR) is 80.9 cm³/mol. The summed E-state index contributed by atoms with van der Waals surface area (Å²) in [6.45, 7) is 3.13. The Labute approximate surface area is 129 Å². The van der Waals surface area contributed by atoms with Crippen molar-refractivity contribution in [1.29, 1.82) is 0 Å². The maximum Gasteiger partial charge on any atom is 0.407 e. The first kappa shape index (κ1) is 14.8. The van der Waals surface area contributed by atoms with Crippen molar-refractivity contribution < 1.29 is 19.4 Å². The summed E-state index contributed by atoms with van der Waals surface area (Å²) in [5.74, 6) is -0.0440. The highest BCUT2D eigenvalue weighted by atomic mass is 16.5. The second kappa shape index (κ2) is 5.61. The van der Waals surface area contributed by atoms with E-state index in [1.165, 1.54) is 4.90 Å². The van der Waals surface area contributed by atoms with Crippen LogP contribution < -0.4 is 4.90 Å². The van der Waals surface area contributed by atoms with Crippen LogP contribution in [0.3, 0.4) is 0 Å². The van der Waals surface area contributed by atoms with Gasteiger partial charge in [0.05, 0.1) is 12.1 Å². The number of carbonyl (C=O) groups is 2. The van der Waals surface area contributed by atoms with E-state index in [0.29, 0.717) is 32.5 Å². The molecule has 1 atom stereocenters. The lowest BCUT2D eigenvalue weighted by Crippen LogP contribution is -2.62. The van der Waals surface area contributed by atoms with Crippen LogP contribution in [0.2, 0.25) is 0 Å². The standard InChI is InChI=1S/C16H20N2O4/c1-12-14(19)18(13-5-3-2-4-6-13)11-16(22-12)7-9-17(10-8-16)15(20)21/h2-6,12H,7-11H2,1H3,(H,20,21). The number of anilines is 1. The molecule has 0 saturated carbocycles. The minimum absolute atomic E-state index is 0.0440. The first-order chi connectivity index (χ1) is 10.5. The van der Waals surface area contributed by atoms with Crippen LogP contribution in [0.25, 0.3) is 0 Å². The van der Waals surface area contributed by atoms with E-state index in [1.54, 1.807) is 11.8 Å². The third kappa shape index (κ3) is 2.66. The summed E-state index contributed by atoms with van der Waals surface area (Å²) in [6, 6.07) is 9.55. The van der Waals surface area contributed by atoms with Gasteiger partial charge in [-0.25, -0.2) is 4.79 Å². The van der Waals surface area contributed by atoms with Gasteiger partial charge in [-0.2, -0.15) is 0 Å². The van der Waals surface area contributed by atoms with Crippen molar-refractivity contribution in [2.24, 2.45) is 0 Å². The lowest BCUT2D eigenvalue weighted by atomic mass is 9.88. The number of carbonyl (C=O) groups excluding carboxylic acids is 1. The maximum absolute atomic E-state index is 12.4. The van der Waals surface area contributed by atoms with Crippen LogP contribution in [-0.2, 0) is 9.53 Å². The topological polar surface area (TPSA) is 70.1 Å². The Morgan fingerprint density at radius 1 is 1.27 bits per heavy atom. The minimum atomic E-state index is -0.894. The number of amides is 2.